The highest BCUT2D eigenvalue weighted by Crippen LogP contribution is 2.18. The maximum atomic E-state index is 12.7. The van der Waals surface area contributed by atoms with Crippen LogP contribution in [0.15, 0.2) is 78.9 Å². The SMILES string of the molecule is Cc1cccc(NC(=O)c2ccccc2NC(=O)CN(C)Cc2ccccc2)c1. The molecule has 0 spiro atoms. The third-order valence-electron chi connectivity index (χ3n) is 4.43. The molecule has 3 aromatic carbocycles. The third-order valence-corrected chi connectivity index (χ3v) is 4.43. The van der Waals surface area contributed by atoms with E-state index in [0.29, 0.717) is 17.8 Å². The Morgan fingerprint density at radius 3 is 2.34 bits per heavy atom. The number of para-hydroxylation sites is 1. The number of hydrogen-bond acceptors (Lipinski definition) is 3. The molecular weight excluding hydrogens is 362 g/mol. The number of nitrogens with zero attached hydrogens (tertiary/aromatic N) is 1. The van der Waals surface area contributed by atoms with Gasteiger partial charge in [0, 0.05) is 12.2 Å². The maximum absolute atomic E-state index is 12.7. The van der Waals surface area contributed by atoms with Gasteiger partial charge < -0.3 is 10.6 Å². The van der Waals surface area contributed by atoms with E-state index >= 15 is 0 Å². The van der Waals surface area contributed by atoms with E-state index in [1.165, 1.54) is 0 Å². The van der Waals surface area contributed by atoms with Crippen LogP contribution in [0.3, 0.4) is 0 Å². The zero-order valence-electron chi connectivity index (χ0n) is 16.7. The van der Waals surface area contributed by atoms with Crippen LogP contribution in [0.4, 0.5) is 11.4 Å². The first-order valence-electron chi connectivity index (χ1n) is 9.50. The molecule has 0 aliphatic rings. The Morgan fingerprint density at radius 2 is 1.59 bits per heavy atom. The molecular formula is C24H25N3O2. The van der Waals surface area contributed by atoms with Gasteiger partial charge in [-0.3, -0.25) is 14.5 Å². The van der Waals surface area contributed by atoms with Crippen LogP contribution < -0.4 is 10.6 Å². The molecule has 0 unspecified atom stereocenters. The fraction of sp³-hybridized carbons (Fsp3) is 0.167. The zero-order chi connectivity index (χ0) is 20.6. The monoisotopic (exact) mass is 387 g/mol. The fourth-order valence-corrected chi connectivity index (χ4v) is 3.10. The molecule has 3 aromatic rings. The largest absolute Gasteiger partial charge is 0.324 e. The molecule has 0 saturated heterocycles. The zero-order valence-corrected chi connectivity index (χ0v) is 16.7. The summed E-state index contributed by atoms with van der Waals surface area (Å²) in [6, 6.07) is 24.6. The summed E-state index contributed by atoms with van der Waals surface area (Å²) in [5, 5.41) is 5.75. The number of benzene rings is 3. The molecule has 0 aliphatic heterocycles. The molecule has 0 aromatic heterocycles. The molecule has 3 rings (SSSR count). The molecule has 0 heterocycles. The van der Waals surface area contributed by atoms with E-state index in [-0.39, 0.29) is 18.4 Å². The quantitative estimate of drug-likeness (QED) is 0.635. The van der Waals surface area contributed by atoms with Crippen molar-refractivity contribution < 1.29 is 9.59 Å². The summed E-state index contributed by atoms with van der Waals surface area (Å²) in [5.74, 6) is -0.427. The number of carbonyl (C=O) groups excluding carboxylic acids is 2. The Hall–Kier alpha value is -3.44. The maximum Gasteiger partial charge on any atom is 0.257 e. The van der Waals surface area contributed by atoms with E-state index in [2.05, 4.69) is 10.6 Å². The Bertz CT molecular complexity index is 986. The van der Waals surface area contributed by atoms with Gasteiger partial charge >= 0.3 is 0 Å². The van der Waals surface area contributed by atoms with Gasteiger partial charge in [-0.2, -0.15) is 0 Å². The number of aryl methyl sites for hydroxylation is 1. The number of carbonyl (C=O) groups is 2. The average Bonchev–Trinajstić information content (AvgIpc) is 2.69. The number of amides is 2. The summed E-state index contributed by atoms with van der Waals surface area (Å²) < 4.78 is 0. The molecule has 5 heteroatoms. The van der Waals surface area contributed by atoms with Crippen molar-refractivity contribution in [2.45, 2.75) is 13.5 Å². The van der Waals surface area contributed by atoms with Crippen molar-refractivity contribution >= 4 is 23.2 Å². The predicted octanol–water partition coefficient (Wildman–Crippen LogP) is 4.32. The minimum Gasteiger partial charge on any atom is -0.324 e. The summed E-state index contributed by atoms with van der Waals surface area (Å²) in [6.45, 7) is 2.86. The van der Waals surface area contributed by atoms with Crippen molar-refractivity contribution in [3.05, 3.63) is 95.6 Å². The molecule has 148 valence electrons. The third kappa shape index (κ3) is 6.02. The Labute approximate surface area is 171 Å². The molecule has 29 heavy (non-hydrogen) atoms. The first-order chi connectivity index (χ1) is 14.0. The van der Waals surface area contributed by atoms with Crippen molar-refractivity contribution in [3.63, 3.8) is 0 Å². The van der Waals surface area contributed by atoms with Crippen LogP contribution >= 0.6 is 0 Å². The Morgan fingerprint density at radius 1 is 0.862 bits per heavy atom. The van der Waals surface area contributed by atoms with Gasteiger partial charge in [0.05, 0.1) is 17.8 Å². The summed E-state index contributed by atoms with van der Waals surface area (Å²) in [6.07, 6.45) is 0. The van der Waals surface area contributed by atoms with Crippen LogP contribution in [0.5, 0.6) is 0 Å². The van der Waals surface area contributed by atoms with Gasteiger partial charge in [-0.1, -0.05) is 54.6 Å². The number of rotatable bonds is 7. The summed E-state index contributed by atoms with van der Waals surface area (Å²) >= 11 is 0. The molecule has 5 nitrogen and oxygen atoms in total. The van der Waals surface area contributed by atoms with E-state index in [1.807, 2.05) is 73.5 Å². The molecule has 2 amide bonds. The van der Waals surface area contributed by atoms with E-state index < -0.39 is 0 Å². The molecule has 0 saturated carbocycles. The second-order valence-corrected chi connectivity index (χ2v) is 7.08. The smallest absolute Gasteiger partial charge is 0.257 e. The highest BCUT2D eigenvalue weighted by molar-refractivity contribution is 6.10. The first-order valence-corrected chi connectivity index (χ1v) is 9.50. The average molecular weight is 387 g/mol. The molecule has 2 N–H and O–H groups in total. The Balaban J connectivity index is 1.63. The standard InChI is InChI=1S/C24H25N3O2/c1-18-9-8-12-20(15-18)25-24(29)21-13-6-7-14-22(21)26-23(28)17-27(2)16-19-10-4-3-5-11-19/h3-15H,16-17H2,1-2H3,(H,25,29)(H,26,28). The second kappa shape index (κ2) is 9.66. The summed E-state index contributed by atoms with van der Waals surface area (Å²) in [7, 11) is 1.89. The number of nitrogens with one attached hydrogen (secondary N) is 2. The van der Waals surface area contributed by atoms with Crippen molar-refractivity contribution in [1.82, 2.24) is 4.90 Å². The van der Waals surface area contributed by atoms with Gasteiger partial charge in [-0.15, -0.1) is 0 Å². The normalized spacial score (nSPS) is 10.6. The molecule has 0 atom stereocenters. The van der Waals surface area contributed by atoms with Crippen LogP contribution in [-0.4, -0.2) is 30.3 Å². The van der Waals surface area contributed by atoms with Crippen LogP contribution in [-0.2, 0) is 11.3 Å². The Kier molecular flexibility index (Phi) is 6.76. The molecule has 0 radical (unpaired) electrons. The van der Waals surface area contributed by atoms with Crippen molar-refractivity contribution in [2.24, 2.45) is 0 Å². The van der Waals surface area contributed by atoms with Gasteiger partial charge in [-0.05, 0) is 49.4 Å². The van der Waals surface area contributed by atoms with Gasteiger partial charge in [-0.25, -0.2) is 0 Å². The fourth-order valence-electron chi connectivity index (χ4n) is 3.10. The predicted molar refractivity (Wildman–Crippen MR) is 117 cm³/mol. The van der Waals surface area contributed by atoms with Gasteiger partial charge in [0.25, 0.3) is 5.91 Å². The van der Waals surface area contributed by atoms with Gasteiger partial charge in [0.2, 0.25) is 5.91 Å². The van der Waals surface area contributed by atoms with Crippen molar-refractivity contribution in [3.8, 4) is 0 Å². The lowest BCUT2D eigenvalue weighted by Gasteiger charge is -2.17. The summed E-state index contributed by atoms with van der Waals surface area (Å²) in [4.78, 5) is 27.2. The lowest BCUT2D eigenvalue weighted by Crippen LogP contribution is -2.30. The van der Waals surface area contributed by atoms with Crippen molar-refractivity contribution in [2.75, 3.05) is 24.2 Å². The van der Waals surface area contributed by atoms with E-state index in [4.69, 9.17) is 0 Å². The van der Waals surface area contributed by atoms with Gasteiger partial charge in [0.1, 0.15) is 0 Å². The topological polar surface area (TPSA) is 61.4 Å². The minimum atomic E-state index is -0.260. The second-order valence-electron chi connectivity index (χ2n) is 7.08. The van der Waals surface area contributed by atoms with Crippen LogP contribution in [0, 0.1) is 6.92 Å². The number of hydrogen-bond donors (Lipinski definition) is 2. The lowest BCUT2D eigenvalue weighted by atomic mass is 10.1. The molecule has 0 aliphatic carbocycles. The van der Waals surface area contributed by atoms with E-state index in [0.717, 1.165) is 16.8 Å². The minimum absolute atomic E-state index is 0.167. The van der Waals surface area contributed by atoms with Crippen LogP contribution in [0.25, 0.3) is 0 Å². The van der Waals surface area contributed by atoms with Crippen LogP contribution in [0.1, 0.15) is 21.5 Å². The van der Waals surface area contributed by atoms with E-state index in [9.17, 15) is 9.59 Å². The van der Waals surface area contributed by atoms with Crippen molar-refractivity contribution in [1.29, 1.82) is 0 Å². The van der Waals surface area contributed by atoms with E-state index in [1.54, 1.807) is 24.3 Å². The lowest BCUT2D eigenvalue weighted by molar-refractivity contribution is -0.117. The summed E-state index contributed by atoms with van der Waals surface area (Å²) in [5.41, 5.74) is 3.84. The van der Waals surface area contributed by atoms with Crippen LogP contribution in [0.2, 0.25) is 0 Å². The highest BCUT2D eigenvalue weighted by Gasteiger charge is 2.14. The highest BCUT2D eigenvalue weighted by atomic mass is 16.2. The number of anilines is 2. The van der Waals surface area contributed by atoms with Gasteiger partial charge in [0.15, 0.2) is 0 Å². The molecule has 0 fully saturated rings. The number of likely N-dealkylation sites (N-methyl/N-ethyl adjacent to an activating group) is 1. The first kappa shape index (κ1) is 20.3. The molecule has 0 bridgehead atoms.